The second-order valence-electron chi connectivity index (χ2n) is 6.68. The maximum absolute atomic E-state index is 13.1. The van der Waals surface area contributed by atoms with E-state index in [1.165, 1.54) is 12.1 Å². The van der Waals surface area contributed by atoms with E-state index in [0.717, 1.165) is 17.5 Å². The average Bonchev–Trinajstić information content (AvgIpc) is 2.99. The summed E-state index contributed by atoms with van der Waals surface area (Å²) in [6.07, 6.45) is 0.904. The van der Waals surface area contributed by atoms with Gasteiger partial charge < -0.3 is 9.69 Å². The molecule has 1 fully saturated rings. The van der Waals surface area contributed by atoms with Crippen LogP contribution in [0, 0.1) is 12.7 Å². The maximum atomic E-state index is 13.1. The molecule has 1 aromatic carbocycles. The molecule has 1 aliphatic heterocycles. The van der Waals surface area contributed by atoms with Crippen LogP contribution in [0.15, 0.2) is 30.3 Å². The molecule has 1 amide bonds. The molecule has 0 spiro atoms. The summed E-state index contributed by atoms with van der Waals surface area (Å²) in [5.41, 5.74) is 2.22. The van der Waals surface area contributed by atoms with Crippen molar-refractivity contribution in [1.29, 1.82) is 0 Å². The molecule has 2 heterocycles. The first-order valence-electron chi connectivity index (χ1n) is 8.71. The predicted molar refractivity (Wildman–Crippen MR) is 95.5 cm³/mol. The molecule has 6 nitrogen and oxygen atoms in total. The first-order chi connectivity index (χ1) is 12.5. The SMILES string of the molecule is Cc1cc(C(=O)N2CCN(CC(C=O)c3ccc(F)cc3)CC2)nn1C. The molecule has 0 aliphatic carbocycles. The minimum Gasteiger partial charge on any atom is -0.335 e. The van der Waals surface area contributed by atoms with Gasteiger partial charge in [0.25, 0.3) is 5.91 Å². The lowest BCUT2D eigenvalue weighted by Crippen LogP contribution is -2.49. The van der Waals surface area contributed by atoms with Crippen molar-refractivity contribution in [3.05, 3.63) is 53.1 Å². The van der Waals surface area contributed by atoms with Crippen LogP contribution in [0.3, 0.4) is 0 Å². The zero-order valence-electron chi connectivity index (χ0n) is 15.1. The van der Waals surface area contributed by atoms with Gasteiger partial charge in [-0.2, -0.15) is 5.10 Å². The minimum absolute atomic E-state index is 0.0566. The van der Waals surface area contributed by atoms with Gasteiger partial charge in [-0.05, 0) is 30.7 Å². The number of rotatable bonds is 5. The van der Waals surface area contributed by atoms with Crippen LogP contribution in [0.25, 0.3) is 0 Å². The Morgan fingerprint density at radius 1 is 1.23 bits per heavy atom. The van der Waals surface area contributed by atoms with Gasteiger partial charge in [0, 0.05) is 45.5 Å². The number of piperazine rings is 1. The van der Waals surface area contributed by atoms with Crippen molar-refractivity contribution in [1.82, 2.24) is 19.6 Å². The molecule has 0 saturated carbocycles. The lowest BCUT2D eigenvalue weighted by atomic mass is 9.99. The Balaban J connectivity index is 1.56. The van der Waals surface area contributed by atoms with Crippen molar-refractivity contribution >= 4 is 12.2 Å². The monoisotopic (exact) mass is 358 g/mol. The molecule has 1 saturated heterocycles. The molecule has 1 aliphatic rings. The van der Waals surface area contributed by atoms with Gasteiger partial charge in [0.05, 0.1) is 5.92 Å². The highest BCUT2D eigenvalue weighted by Gasteiger charge is 2.25. The standard InChI is InChI=1S/C19H23FN4O2/c1-14-11-18(21-22(14)2)19(26)24-9-7-23(8-10-24)12-16(13-25)15-3-5-17(20)6-4-15/h3-6,11,13,16H,7-10,12H2,1-2H3. The van der Waals surface area contributed by atoms with E-state index in [9.17, 15) is 14.0 Å². The van der Waals surface area contributed by atoms with Crippen LogP contribution in [0.2, 0.25) is 0 Å². The summed E-state index contributed by atoms with van der Waals surface area (Å²) in [5.74, 6) is -0.662. The fourth-order valence-corrected chi connectivity index (χ4v) is 3.18. The average molecular weight is 358 g/mol. The molecule has 1 aromatic heterocycles. The molecule has 0 bridgehead atoms. The second kappa shape index (κ2) is 7.78. The Morgan fingerprint density at radius 3 is 2.42 bits per heavy atom. The molecule has 0 radical (unpaired) electrons. The summed E-state index contributed by atoms with van der Waals surface area (Å²) in [4.78, 5) is 28.0. The van der Waals surface area contributed by atoms with Crippen molar-refractivity contribution in [2.45, 2.75) is 12.8 Å². The van der Waals surface area contributed by atoms with Crippen LogP contribution in [-0.2, 0) is 11.8 Å². The third-order valence-electron chi connectivity index (χ3n) is 4.91. The van der Waals surface area contributed by atoms with Crippen molar-refractivity contribution in [2.24, 2.45) is 7.05 Å². The summed E-state index contributed by atoms with van der Waals surface area (Å²) in [6, 6.07) is 7.84. The first-order valence-corrected chi connectivity index (χ1v) is 8.71. The van der Waals surface area contributed by atoms with Crippen molar-refractivity contribution in [2.75, 3.05) is 32.7 Å². The van der Waals surface area contributed by atoms with Crippen molar-refractivity contribution in [3.63, 3.8) is 0 Å². The van der Waals surface area contributed by atoms with E-state index in [4.69, 9.17) is 0 Å². The van der Waals surface area contributed by atoms with E-state index in [2.05, 4.69) is 10.00 Å². The number of hydrogen-bond acceptors (Lipinski definition) is 4. The molecule has 0 N–H and O–H groups in total. The number of carbonyl (C=O) groups is 2. The van der Waals surface area contributed by atoms with E-state index in [0.29, 0.717) is 38.4 Å². The van der Waals surface area contributed by atoms with Crippen molar-refractivity contribution < 1.29 is 14.0 Å². The van der Waals surface area contributed by atoms with Gasteiger partial charge in [0.15, 0.2) is 5.69 Å². The molecule has 1 atom stereocenters. The Morgan fingerprint density at radius 2 is 1.88 bits per heavy atom. The van der Waals surface area contributed by atoms with Gasteiger partial charge in [-0.3, -0.25) is 14.4 Å². The second-order valence-corrected chi connectivity index (χ2v) is 6.68. The number of hydrogen-bond donors (Lipinski definition) is 0. The smallest absolute Gasteiger partial charge is 0.274 e. The maximum Gasteiger partial charge on any atom is 0.274 e. The van der Waals surface area contributed by atoms with Crippen LogP contribution in [0.4, 0.5) is 4.39 Å². The molecular formula is C19H23FN4O2. The third kappa shape index (κ3) is 3.99. The van der Waals surface area contributed by atoms with E-state index in [-0.39, 0.29) is 17.6 Å². The predicted octanol–water partition coefficient (Wildman–Crippen LogP) is 1.61. The van der Waals surface area contributed by atoms with Gasteiger partial charge in [0.2, 0.25) is 0 Å². The van der Waals surface area contributed by atoms with Gasteiger partial charge in [0.1, 0.15) is 12.1 Å². The fourth-order valence-electron chi connectivity index (χ4n) is 3.18. The van der Waals surface area contributed by atoms with Crippen LogP contribution >= 0.6 is 0 Å². The highest BCUT2D eigenvalue weighted by Crippen LogP contribution is 2.17. The molecule has 1 unspecified atom stereocenters. The van der Waals surface area contributed by atoms with Crippen LogP contribution in [0.1, 0.15) is 27.7 Å². The van der Waals surface area contributed by atoms with Gasteiger partial charge >= 0.3 is 0 Å². The van der Waals surface area contributed by atoms with E-state index in [1.807, 2.05) is 14.0 Å². The Kier molecular flexibility index (Phi) is 5.46. The minimum atomic E-state index is -0.310. The normalized spacial score (nSPS) is 16.5. The summed E-state index contributed by atoms with van der Waals surface area (Å²) < 4.78 is 14.8. The largest absolute Gasteiger partial charge is 0.335 e. The molecule has 26 heavy (non-hydrogen) atoms. The third-order valence-corrected chi connectivity index (χ3v) is 4.91. The van der Waals surface area contributed by atoms with Gasteiger partial charge in [-0.15, -0.1) is 0 Å². The number of benzene rings is 1. The highest BCUT2D eigenvalue weighted by molar-refractivity contribution is 5.92. The zero-order chi connectivity index (χ0) is 18.7. The number of aldehydes is 1. The van der Waals surface area contributed by atoms with Crippen LogP contribution < -0.4 is 0 Å². The van der Waals surface area contributed by atoms with E-state index in [1.54, 1.807) is 27.8 Å². The van der Waals surface area contributed by atoms with Gasteiger partial charge in [-0.1, -0.05) is 12.1 Å². The van der Waals surface area contributed by atoms with Crippen molar-refractivity contribution in [3.8, 4) is 0 Å². The molecule has 7 heteroatoms. The quantitative estimate of drug-likeness (QED) is 0.762. The van der Waals surface area contributed by atoms with E-state index < -0.39 is 0 Å². The first kappa shape index (κ1) is 18.3. The molecule has 2 aromatic rings. The molecule has 138 valence electrons. The van der Waals surface area contributed by atoms with Crippen LogP contribution in [-0.4, -0.2) is 64.5 Å². The highest BCUT2D eigenvalue weighted by atomic mass is 19.1. The number of aromatic nitrogens is 2. The lowest BCUT2D eigenvalue weighted by Gasteiger charge is -2.35. The molecular weight excluding hydrogens is 335 g/mol. The Hall–Kier alpha value is -2.54. The number of nitrogens with zero attached hydrogens (tertiary/aromatic N) is 4. The Bertz CT molecular complexity index is 760. The number of amides is 1. The van der Waals surface area contributed by atoms with E-state index >= 15 is 0 Å². The summed E-state index contributed by atoms with van der Waals surface area (Å²) in [7, 11) is 1.82. The number of halogens is 1. The van der Waals surface area contributed by atoms with Gasteiger partial charge in [-0.25, -0.2) is 4.39 Å². The fraction of sp³-hybridized carbons (Fsp3) is 0.421. The lowest BCUT2D eigenvalue weighted by molar-refractivity contribution is -0.109. The summed E-state index contributed by atoms with van der Waals surface area (Å²) in [6.45, 7) is 5.08. The number of aryl methyl sites for hydroxylation is 2. The van der Waals surface area contributed by atoms with Crippen LogP contribution in [0.5, 0.6) is 0 Å². The molecule has 3 rings (SSSR count). The topological polar surface area (TPSA) is 58.4 Å². The summed E-state index contributed by atoms with van der Waals surface area (Å²) in [5, 5.41) is 4.25. The Labute approximate surface area is 152 Å². The summed E-state index contributed by atoms with van der Waals surface area (Å²) >= 11 is 0. The number of carbonyl (C=O) groups excluding carboxylic acids is 2. The zero-order valence-corrected chi connectivity index (χ0v) is 15.1.